The Hall–Kier alpha value is -2.64. The fourth-order valence-corrected chi connectivity index (χ4v) is 8.88. The number of carbonyl (C=O) groups is 1. The molecule has 1 aromatic heterocycles. The van der Waals surface area contributed by atoms with Crippen LogP contribution in [0.25, 0.3) is 10.4 Å². The lowest BCUT2D eigenvalue weighted by molar-refractivity contribution is -0.127. The van der Waals surface area contributed by atoms with Crippen molar-refractivity contribution in [1.29, 1.82) is 5.26 Å². The number of rotatable bonds is 7. The first-order valence-corrected chi connectivity index (χ1v) is 17.5. The van der Waals surface area contributed by atoms with Gasteiger partial charge < -0.3 is 15.5 Å². The second-order valence-electron chi connectivity index (χ2n) is 12.1. The van der Waals surface area contributed by atoms with Crippen LogP contribution in [-0.2, 0) is 14.6 Å². The maximum atomic E-state index is 13.5. The van der Waals surface area contributed by atoms with E-state index < -0.39 is 15.4 Å². The van der Waals surface area contributed by atoms with Crippen molar-refractivity contribution in [1.82, 2.24) is 10.3 Å². The average molecular weight is 582 g/mol. The van der Waals surface area contributed by atoms with Crippen LogP contribution in [0.1, 0.15) is 82.2 Å². The maximum Gasteiger partial charge on any atom is 0.225 e. The minimum absolute atomic E-state index is 0.000103. The number of hydrogen-bond acceptors (Lipinski definition) is 8. The van der Waals surface area contributed by atoms with E-state index in [2.05, 4.69) is 45.9 Å². The molecule has 2 heterocycles. The smallest absolute Gasteiger partial charge is 0.225 e. The van der Waals surface area contributed by atoms with Crippen LogP contribution in [0.5, 0.6) is 0 Å². The molecule has 1 saturated heterocycles. The lowest BCUT2D eigenvalue weighted by Crippen LogP contribution is -2.42. The molecular weight excluding hydrogens is 542 g/mol. The van der Waals surface area contributed by atoms with Crippen molar-refractivity contribution in [2.24, 2.45) is 5.92 Å². The van der Waals surface area contributed by atoms with Crippen LogP contribution in [0.15, 0.2) is 24.3 Å². The number of hydrogen-bond donors (Lipinski definition) is 2. The van der Waals surface area contributed by atoms with Crippen molar-refractivity contribution in [3.05, 3.63) is 30.0 Å². The first kappa shape index (κ1) is 27.5. The van der Waals surface area contributed by atoms with Crippen LogP contribution in [0.2, 0.25) is 0 Å². The van der Waals surface area contributed by atoms with Gasteiger partial charge >= 0.3 is 0 Å². The van der Waals surface area contributed by atoms with Crippen molar-refractivity contribution < 1.29 is 13.2 Å². The van der Waals surface area contributed by atoms with Crippen molar-refractivity contribution in [2.75, 3.05) is 34.8 Å². The van der Waals surface area contributed by atoms with E-state index in [0.717, 1.165) is 78.3 Å². The number of aromatic nitrogens is 1. The molecule has 10 heteroatoms. The van der Waals surface area contributed by atoms with Crippen LogP contribution in [0.3, 0.4) is 0 Å². The van der Waals surface area contributed by atoms with Gasteiger partial charge in [0.25, 0.3) is 0 Å². The average Bonchev–Trinajstić information content (AvgIpc) is 3.63. The zero-order valence-electron chi connectivity index (χ0n) is 23.0. The number of nitrogens with zero attached hydrogens (tertiary/aromatic N) is 3. The maximum absolute atomic E-state index is 13.5. The van der Waals surface area contributed by atoms with Gasteiger partial charge in [-0.05, 0) is 56.2 Å². The highest BCUT2D eigenvalue weighted by Gasteiger charge is 2.47. The van der Waals surface area contributed by atoms with Crippen molar-refractivity contribution in [3.63, 3.8) is 0 Å². The molecule has 1 aliphatic heterocycles. The van der Waals surface area contributed by atoms with E-state index in [9.17, 15) is 18.5 Å². The molecule has 40 heavy (non-hydrogen) atoms. The Balaban J connectivity index is 1.29. The summed E-state index contributed by atoms with van der Waals surface area (Å²) < 4.78 is 23.8. The van der Waals surface area contributed by atoms with Crippen LogP contribution < -0.4 is 15.5 Å². The van der Waals surface area contributed by atoms with Crippen molar-refractivity contribution in [2.45, 2.75) is 88.1 Å². The molecule has 0 spiro atoms. The minimum atomic E-state index is -2.93. The summed E-state index contributed by atoms with van der Waals surface area (Å²) >= 11 is 1.69. The van der Waals surface area contributed by atoms with E-state index in [1.165, 1.54) is 19.3 Å². The standard InChI is InChI=1S/C30H39N5O3S2/c31-20-30(14-15-30)34-28(36)25-9-5-4-8-24(25)26-27(39-29(33-26)32-22-6-2-1-3-7-22)21-10-12-23(13-11-21)35-16-18-40(37,38)19-17-35/h10-13,22,24-25H,1-9,14-19H2,(H,32,33)(H,34,36)/t24-,25-/m1/s1. The number of sulfone groups is 1. The monoisotopic (exact) mass is 581 g/mol. The van der Waals surface area contributed by atoms with Crippen LogP contribution in [0.4, 0.5) is 10.8 Å². The van der Waals surface area contributed by atoms with Gasteiger partial charge in [0, 0.05) is 36.7 Å². The van der Waals surface area contributed by atoms with E-state index >= 15 is 0 Å². The van der Waals surface area contributed by atoms with Gasteiger partial charge in [0.1, 0.15) is 5.54 Å². The Kier molecular flexibility index (Phi) is 7.79. The molecule has 6 rings (SSSR count). The summed E-state index contributed by atoms with van der Waals surface area (Å²) in [6.45, 7) is 1.04. The fraction of sp³-hybridized carbons (Fsp3) is 0.633. The molecule has 2 N–H and O–H groups in total. The van der Waals surface area contributed by atoms with Gasteiger partial charge in [-0.15, -0.1) is 0 Å². The second kappa shape index (κ2) is 11.3. The number of benzene rings is 1. The predicted molar refractivity (Wildman–Crippen MR) is 159 cm³/mol. The summed E-state index contributed by atoms with van der Waals surface area (Å²) in [5.41, 5.74) is 2.45. The van der Waals surface area contributed by atoms with E-state index in [-0.39, 0.29) is 29.2 Å². The summed E-state index contributed by atoms with van der Waals surface area (Å²) in [4.78, 5) is 21.9. The molecule has 4 fully saturated rings. The first-order valence-electron chi connectivity index (χ1n) is 14.9. The highest BCUT2D eigenvalue weighted by Crippen LogP contribution is 2.46. The van der Waals surface area contributed by atoms with E-state index in [0.29, 0.717) is 19.1 Å². The lowest BCUT2D eigenvalue weighted by Gasteiger charge is -2.31. The molecular formula is C30H39N5O3S2. The highest BCUT2D eigenvalue weighted by molar-refractivity contribution is 7.91. The fourth-order valence-electron chi connectivity index (χ4n) is 6.56. The van der Waals surface area contributed by atoms with Gasteiger partial charge in [-0.25, -0.2) is 13.4 Å². The molecule has 8 nitrogen and oxygen atoms in total. The molecule has 2 atom stereocenters. The Morgan fingerprint density at radius 1 is 1.00 bits per heavy atom. The normalized spacial score (nSPS) is 26.0. The van der Waals surface area contributed by atoms with Gasteiger partial charge in [-0.2, -0.15) is 5.26 Å². The number of anilines is 2. The Morgan fingerprint density at radius 3 is 2.35 bits per heavy atom. The zero-order chi connectivity index (χ0) is 27.7. The van der Waals surface area contributed by atoms with Gasteiger partial charge in [0.2, 0.25) is 5.91 Å². The Morgan fingerprint density at radius 2 is 1.68 bits per heavy atom. The number of carbonyl (C=O) groups excluding carboxylic acids is 1. The third kappa shape index (κ3) is 6.01. The summed E-state index contributed by atoms with van der Waals surface area (Å²) in [7, 11) is -2.93. The quantitative estimate of drug-likeness (QED) is 0.460. The number of amides is 1. The number of thiazole rings is 1. The summed E-state index contributed by atoms with van der Waals surface area (Å²) in [6.07, 6.45) is 11.4. The largest absolute Gasteiger partial charge is 0.369 e. The van der Waals surface area contributed by atoms with Crippen molar-refractivity contribution >= 4 is 37.9 Å². The van der Waals surface area contributed by atoms with Crippen LogP contribution in [0, 0.1) is 17.2 Å². The SMILES string of the molecule is N#CC1(NC(=O)[C@@H]2CCCC[C@H]2c2nc(NC3CCCCC3)sc2-c2ccc(N3CCS(=O)(=O)CC3)cc2)CC1. The van der Waals surface area contributed by atoms with E-state index in [4.69, 9.17) is 4.98 Å². The second-order valence-corrected chi connectivity index (χ2v) is 15.4. The van der Waals surface area contributed by atoms with Gasteiger partial charge in [-0.1, -0.05) is 55.6 Å². The molecule has 0 radical (unpaired) electrons. The van der Waals surface area contributed by atoms with Gasteiger partial charge in [-0.3, -0.25) is 4.79 Å². The molecule has 2 aromatic rings. The van der Waals surface area contributed by atoms with E-state index in [1.54, 1.807) is 11.3 Å². The van der Waals surface area contributed by atoms with Crippen LogP contribution in [-0.4, -0.2) is 55.5 Å². The van der Waals surface area contributed by atoms with Gasteiger partial charge in [0.15, 0.2) is 15.0 Å². The number of nitriles is 1. The Labute approximate surface area is 241 Å². The third-order valence-corrected chi connectivity index (χ3v) is 11.9. The first-order chi connectivity index (χ1) is 19.3. The van der Waals surface area contributed by atoms with Crippen molar-refractivity contribution in [3.8, 4) is 16.5 Å². The topological polar surface area (TPSA) is 115 Å². The zero-order valence-corrected chi connectivity index (χ0v) is 24.7. The lowest BCUT2D eigenvalue weighted by atomic mass is 9.76. The molecule has 214 valence electrons. The molecule has 4 aliphatic rings. The molecule has 0 unspecified atom stereocenters. The van der Waals surface area contributed by atoms with E-state index in [1.807, 2.05) is 0 Å². The van der Waals surface area contributed by atoms with Gasteiger partial charge in [0.05, 0.1) is 28.1 Å². The highest BCUT2D eigenvalue weighted by atomic mass is 32.2. The molecule has 0 bridgehead atoms. The summed E-state index contributed by atoms with van der Waals surface area (Å²) in [6, 6.07) is 11.1. The summed E-state index contributed by atoms with van der Waals surface area (Å²) in [5.74, 6) is 0.227. The predicted octanol–water partition coefficient (Wildman–Crippen LogP) is 5.24. The molecule has 1 amide bonds. The molecule has 3 aliphatic carbocycles. The summed E-state index contributed by atoms with van der Waals surface area (Å²) in [5, 5.41) is 17.3. The molecule has 1 aromatic carbocycles. The van der Waals surface area contributed by atoms with Crippen LogP contribution >= 0.6 is 11.3 Å². The molecule has 3 saturated carbocycles. The number of nitrogens with one attached hydrogen (secondary N) is 2. The third-order valence-electron chi connectivity index (χ3n) is 9.21. The Bertz CT molecular complexity index is 1360. The minimum Gasteiger partial charge on any atom is -0.369 e.